The van der Waals surface area contributed by atoms with E-state index in [2.05, 4.69) is 0 Å². The Labute approximate surface area is 94.0 Å². The molecule has 16 heavy (non-hydrogen) atoms. The Kier molecular flexibility index (Phi) is 1.96. The van der Waals surface area contributed by atoms with Gasteiger partial charge < -0.3 is 9.84 Å². The first kappa shape index (κ1) is 9.70. The molecule has 1 aromatic rings. The average Bonchev–Trinajstić information content (AvgIpc) is 2.82. The standard InChI is InChI=1S/C13H14O3/c1-2-16-13(15)12-10-6-7-5-8(14)3-4-9(7)11(10)12/h3-5,10-12,14H,2,6H2,1H3/t10-,11+,12+/m1/s1. The maximum Gasteiger partial charge on any atom is 0.309 e. The van der Waals surface area contributed by atoms with Gasteiger partial charge in [0.25, 0.3) is 0 Å². The Hall–Kier alpha value is -1.51. The van der Waals surface area contributed by atoms with Crippen molar-refractivity contribution in [1.29, 1.82) is 0 Å². The van der Waals surface area contributed by atoms with Gasteiger partial charge in [0.2, 0.25) is 0 Å². The maximum absolute atomic E-state index is 11.6. The molecular weight excluding hydrogens is 204 g/mol. The van der Waals surface area contributed by atoms with Crippen molar-refractivity contribution in [1.82, 2.24) is 0 Å². The lowest BCUT2D eigenvalue weighted by Crippen LogP contribution is -2.10. The number of rotatable bonds is 2. The molecule has 0 amide bonds. The van der Waals surface area contributed by atoms with Crippen molar-refractivity contribution in [3.05, 3.63) is 29.3 Å². The fraction of sp³-hybridized carbons (Fsp3) is 0.462. The Morgan fingerprint density at radius 1 is 1.56 bits per heavy atom. The predicted octanol–water partition coefficient (Wildman–Crippen LogP) is 1.84. The number of aromatic hydroxyl groups is 1. The molecule has 1 fully saturated rings. The third-order valence-electron chi connectivity index (χ3n) is 3.67. The van der Waals surface area contributed by atoms with Crippen LogP contribution in [0, 0.1) is 11.8 Å². The minimum absolute atomic E-state index is 0.0591. The summed E-state index contributed by atoms with van der Waals surface area (Å²) in [5.74, 6) is 1.08. The van der Waals surface area contributed by atoms with Crippen LogP contribution in [0.15, 0.2) is 18.2 Å². The van der Waals surface area contributed by atoms with Crippen molar-refractivity contribution in [2.24, 2.45) is 11.8 Å². The third kappa shape index (κ3) is 1.24. The van der Waals surface area contributed by atoms with Gasteiger partial charge in [0.05, 0.1) is 12.5 Å². The summed E-state index contributed by atoms with van der Waals surface area (Å²) in [5.41, 5.74) is 2.41. The van der Waals surface area contributed by atoms with Crippen LogP contribution in [-0.4, -0.2) is 17.7 Å². The topological polar surface area (TPSA) is 46.5 Å². The summed E-state index contributed by atoms with van der Waals surface area (Å²) in [6.45, 7) is 2.29. The van der Waals surface area contributed by atoms with Gasteiger partial charge in [-0.2, -0.15) is 0 Å². The number of fused-ring (bicyclic) bond motifs is 3. The van der Waals surface area contributed by atoms with Gasteiger partial charge in [-0.3, -0.25) is 4.79 Å². The van der Waals surface area contributed by atoms with Gasteiger partial charge in [-0.05, 0) is 42.5 Å². The fourth-order valence-electron chi connectivity index (χ4n) is 2.96. The molecule has 0 aromatic heterocycles. The molecule has 3 rings (SSSR count). The van der Waals surface area contributed by atoms with E-state index in [1.165, 1.54) is 11.1 Å². The molecular formula is C13H14O3. The second-order valence-electron chi connectivity index (χ2n) is 4.55. The molecule has 0 heterocycles. The van der Waals surface area contributed by atoms with Crippen molar-refractivity contribution in [3.8, 4) is 5.75 Å². The number of ether oxygens (including phenoxy) is 1. The molecule has 3 nitrogen and oxygen atoms in total. The lowest BCUT2D eigenvalue weighted by molar-refractivity contribution is -0.145. The zero-order valence-corrected chi connectivity index (χ0v) is 9.14. The van der Waals surface area contributed by atoms with Crippen molar-refractivity contribution < 1.29 is 14.6 Å². The molecule has 2 aliphatic carbocycles. The summed E-state index contributed by atoms with van der Waals surface area (Å²) in [6, 6.07) is 5.44. The number of phenols is 1. The highest BCUT2D eigenvalue weighted by Gasteiger charge is 2.60. The highest BCUT2D eigenvalue weighted by Crippen LogP contribution is 2.62. The monoisotopic (exact) mass is 218 g/mol. The second kappa shape index (κ2) is 3.24. The number of carbonyl (C=O) groups is 1. The van der Waals surface area contributed by atoms with Gasteiger partial charge in [-0.1, -0.05) is 6.07 Å². The summed E-state index contributed by atoms with van der Waals surface area (Å²) < 4.78 is 5.05. The summed E-state index contributed by atoms with van der Waals surface area (Å²) in [4.78, 5) is 11.6. The smallest absolute Gasteiger partial charge is 0.309 e. The molecule has 0 bridgehead atoms. The molecule has 3 atom stereocenters. The number of benzene rings is 1. The minimum atomic E-state index is -0.0591. The average molecular weight is 218 g/mol. The second-order valence-corrected chi connectivity index (χ2v) is 4.55. The highest BCUT2D eigenvalue weighted by molar-refractivity contribution is 5.79. The van der Waals surface area contributed by atoms with Gasteiger partial charge in [0, 0.05) is 5.92 Å². The number of carbonyl (C=O) groups excluding carboxylic acids is 1. The van der Waals surface area contributed by atoms with E-state index in [0.29, 0.717) is 24.2 Å². The van der Waals surface area contributed by atoms with E-state index >= 15 is 0 Å². The maximum atomic E-state index is 11.6. The van der Waals surface area contributed by atoms with Crippen LogP contribution >= 0.6 is 0 Å². The van der Waals surface area contributed by atoms with Crippen LogP contribution in [0.3, 0.4) is 0 Å². The zero-order chi connectivity index (χ0) is 11.3. The zero-order valence-electron chi connectivity index (χ0n) is 9.14. The summed E-state index contributed by atoms with van der Waals surface area (Å²) >= 11 is 0. The van der Waals surface area contributed by atoms with E-state index in [0.717, 1.165) is 6.42 Å². The molecule has 0 unspecified atom stereocenters. The first-order chi connectivity index (χ1) is 7.72. The van der Waals surface area contributed by atoms with Gasteiger partial charge in [-0.15, -0.1) is 0 Å². The number of phenolic OH excluding ortho intramolecular Hbond substituents is 1. The summed E-state index contributed by atoms with van der Waals surface area (Å²) in [5, 5.41) is 9.37. The van der Waals surface area contributed by atoms with E-state index in [-0.39, 0.29) is 11.9 Å². The lowest BCUT2D eigenvalue weighted by atomic mass is 10.0. The third-order valence-corrected chi connectivity index (χ3v) is 3.67. The summed E-state index contributed by atoms with van der Waals surface area (Å²) in [7, 11) is 0. The first-order valence-electron chi connectivity index (χ1n) is 5.70. The number of hydrogen-bond donors (Lipinski definition) is 1. The first-order valence-corrected chi connectivity index (χ1v) is 5.70. The predicted molar refractivity (Wildman–Crippen MR) is 58.2 cm³/mol. The Balaban J connectivity index is 1.82. The molecule has 1 aromatic carbocycles. The Bertz CT molecular complexity index is 452. The van der Waals surface area contributed by atoms with E-state index in [4.69, 9.17) is 4.74 Å². The van der Waals surface area contributed by atoms with Crippen molar-refractivity contribution in [3.63, 3.8) is 0 Å². The normalized spacial score (nSPS) is 29.4. The van der Waals surface area contributed by atoms with Crippen LogP contribution in [0.2, 0.25) is 0 Å². The molecule has 84 valence electrons. The Morgan fingerprint density at radius 2 is 2.38 bits per heavy atom. The van der Waals surface area contributed by atoms with E-state index < -0.39 is 0 Å². The molecule has 2 aliphatic rings. The molecule has 3 heteroatoms. The van der Waals surface area contributed by atoms with Crippen LogP contribution in [0.1, 0.15) is 24.0 Å². The molecule has 0 radical (unpaired) electrons. The SMILES string of the molecule is CCOC(=O)[C@H]1[C@@H]2Cc3cc(O)ccc3[C@@H]21. The molecule has 0 aliphatic heterocycles. The van der Waals surface area contributed by atoms with Gasteiger partial charge in [0.15, 0.2) is 0 Å². The molecule has 0 saturated heterocycles. The number of esters is 1. The van der Waals surface area contributed by atoms with Gasteiger partial charge in [0.1, 0.15) is 5.75 Å². The van der Waals surface area contributed by atoms with Crippen LogP contribution in [0.4, 0.5) is 0 Å². The minimum Gasteiger partial charge on any atom is -0.508 e. The highest BCUT2D eigenvalue weighted by atomic mass is 16.5. The summed E-state index contributed by atoms with van der Waals surface area (Å²) in [6.07, 6.45) is 0.901. The van der Waals surface area contributed by atoms with Crippen LogP contribution in [-0.2, 0) is 16.0 Å². The quantitative estimate of drug-likeness (QED) is 0.770. The fourth-order valence-corrected chi connectivity index (χ4v) is 2.96. The van der Waals surface area contributed by atoms with Gasteiger partial charge >= 0.3 is 5.97 Å². The van der Waals surface area contributed by atoms with E-state index in [1.54, 1.807) is 6.07 Å². The van der Waals surface area contributed by atoms with Crippen LogP contribution in [0.5, 0.6) is 5.75 Å². The number of hydrogen-bond acceptors (Lipinski definition) is 3. The van der Waals surface area contributed by atoms with Crippen molar-refractivity contribution in [2.45, 2.75) is 19.3 Å². The molecule has 0 spiro atoms. The van der Waals surface area contributed by atoms with Crippen LogP contribution < -0.4 is 0 Å². The largest absolute Gasteiger partial charge is 0.508 e. The lowest BCUT2D eigenvalue weighted by Gasteiger charge is -2.07. The van der Waals surface area contributed by atoms with Gasteiger partial charge in [-0.25, -0.2) is 0 Å². The van der Waals surface area contributed by atoms with Crippen molar-refractivity contribution >= 4 is 5.97 Å². The van der Waals surface area contributed by atoms with E-state index in [9.17, 15) is 9.90 Å². The van der Waals surface area contributed by atoms with Crippen molar-refractivity contribution in [2.75, 3.05) is 6.61 Å². The molecule has 1 N–H and O–H groups in total. The Morgan fingerprint density at radius 3 is 3.12 bits per heavy atom. The van der Waals surface area contributed by atoms with E-state index in [1.807, 2.05) is 19.1 Å². The van der Waals surface area contributed by atoms with Crippen LogP contribution in [0.25, 0.3) is 0 Å². The molecule has 1 saturated carbocycles.